The number of hydrogen-bond acceptors (Lipinski definition) is 3. The standard InChI is InChI=1S/C8H17N2O4P/c9-8(11)4-7-3-6(1-2-10-7)5-15(12,13)14/h6-7,10H,1-5H2,(H2,9,11)(H2,12,13,14)/t6-,7+/m0/s1. The van der Waals surface area contributed by atoms with Gasteiger partial charge in [0, 0.05) is 12.5 Å². The number of hydrogen-bond donors (Lipinski definition) is 4. The first kappa shape index (κ1) is 12.6. The topological polar surface area (TPSA) is 113 Å². The van der Waals surface area contributed by atoms with E-state index in [1.807, 2.05) is 0 Å². The highest BCUT2D eigenvalue weighted by atomic mass is 31.2. The molecule has 0 aromatic heterocycles. The Bertz CT molecular complexity index is 278. The molecule has 0 bridgehead atoms. The zero-order valence-electron chi connectivity index (χ0n) is 8.43. The SMILES string of the molecule is NC(=O)C[C@H]1C[C@@H](CP(=O)(O)O)CCN1. The second-order valence-corrected chi connectivity index (χ2v) is 5.75. The highest BCUT2D eigenvalue weighted by Crippen LogP contribution is 2.39. The normalized spacial score (nSPS) is 27.6. The number of primary amides is 1. The van der Waals surface area contributed by atoms with Gasteiger partial charge in [-0.3, -0.25) is 9.36 Å². The van der Waals surface area contributed by atoms with Gasteiger partial charge in [-0.15, -0.1) is 0 Å². The van der Waals surface area contributed by atoms with Crippen LogP contribution in [0.25, 0.3) is 0 Å². The van der Waals surface area contributed by atoms with E-state index in [0.29, 0.717) is 13.0 Å². The van der Waals surface area contributed by atoms with Crippen molar-refractivity contribution in [2.24, 2.45) is 11.7 Å². The largest absolute Gasteiger partial charge is 0.370 e. The Balaban J connectivity index is 2.42. The first-order valence-electron chi connectivity index (χ1n) is 4.93. The van der Waals surface area contributed by atoms with Gasteiger partial charge < -0.3 is 20.8 Å². The lowest BCUT2D eigenvalue weighted by Gasteiger charge is -2.29. The Morgan fingerprint density at radius 1 is 1.53 bits per heavy atom. The molecule has 1 saturated heterocycles. The molecule has 0 unspecified atom stereocenters. The molecule has 0 aromatic rings. The quantitative estimate of drug-likeness (QED) is 0.487. The van der Waals surface area contributed by atoms with Gasteiger partial charge in [0.05, 0.1) is 6.16 Å². The van der Waals surface area contributed by atoms with Crippen LogP contribution in [0.2, 0.25) is 0 Å². The zero-order chi connectivity index (χ0) is 11.5. The molecule has 1 aliphatic rings. The lowest BCUT2D eigenvalue weighted by atomic mass is 9.92. The molecule has 0 spiro atoms. The van der Waals surface area contributed by atoms with Crippen LogP contribution in [-0.2, 0) is 9.36 Å². The minimum absolute atomic E-state index is 0.0172. The van der Waals surface area contributed by atoms with Crippen molar-refractivity contribution in [1.29, 1.82) is 0 Å². The lowest BCUT2D eigenvalue weighted by Crippen LogP contribution is -2.41. The molecular weight excluding hydrogens is 219 g/mol. The number of piperidine rings is 1. The molecule has 0 radical (unpaired) electrons. The van der Waals surface area contributed by atoms with E-state index in [4.69, 9.17) is 15.5 Å². The number of carbonyl (C=O) groups is 1. The van der Waals surface area contributed by atoms with Crippen LogP contribution in [-0.4, -0.2) is 34.4 Å². The third-order valence-electron chi connectivity index (χ3n) is 2.55. The molecule has 15 heavy (non-hydrogen) atoms. The summed E-state index contributed by atoms with van der Waals surface area (Å²) in [5.41, 5.74) is 5.06. The van der Waals surface area contributed by atoms with Gasteiger partial charge in [-0.2, -0.15) is 0 Å². The summed E-state index contributed by atoms with van der Waals surface area (Å²) >= 11 is 0. The molecule has 88 valence electrons. The number of rotatable bonds is 4. The van der Waals surface area contributed by atoms with Gasteiger partial charge in [0.15, 0.2) is 0 Å². The van der Waals surface area contributed by atoms with Crippen molar-refractivity contribution >= 4 is 13.5 Å². The van der Waals surface area contributed by atoms with E-state index in [-0.39, 0.29) is 30.4 Å². The summed E-state index contributed by atoms with van der Waals surface area (Å²) in [5, 5.41) is 3.11. The minimum Gasteiger partial charge on any atom is -0.370 e. The maximum Gasteiger partial charge on any atom is 0.325 e. The average Bonchev–Trinajstić information content (AvgIpc) is 1.99. The maximum absolute atomic E-state index is 10.8. The summed E-state index contributed by atoms with van der Waals surface area (Å²) in [5.74, 6) is -0.402. The Morgan fingerprint density at radius 3 is 2.73 bits per heavy atom. The van der Waals surface area contributed by atoms with Gasteiger partial charge in [-0.05, 0) is 25.3 Å². The van der Waals surface area contributed by atoms with Crippen molar-refractivity contribution in [3.05, 3.63) is 0 Å². The fourth-order valence-electron chi connectivity index (χ4n) is 2.00. The summed E-state index contributed by atoms with van der Waals surface area (Å²) in [7, 11) is -3.94. The molecule has 2 atom stereocenters. The van der Waals surface area contributed by atoms with Gasteiger partial charge in [-0.25, -0.2) is 0 Å². The maximum atomic E-state index is 10.8. The van der Waals surface area contributed by atoms with Crippen LogP contribution < -0.4 is 11.1 Å². The van der Waals surface area contributed by atoms with Crippen LogP contribution in [0, 0.1) is 5.92 Å². The molecule has 1 heterocycles. The fourth-order valence-corrected chi connectivity index (χ4v) is 3.00. The van der Waals surface area contributed by atoms with Gasteiger partial charge >= 0.3 is 7.60 Å². The van der Waals surface area contributed by atoms with Crippen molar-refractivity contribution in [3.8, 4) is 0 Å². The summed E-state index contributed by atoms with van der Waals surface area (Å²) in [6.45, 7) is 0.683. The van der Waals surface area contributed by atoms with Crippen molar-refractivity contribution < 1.29 is 19.1 Å². The van der Waals surface area contributed by atoms with E-state index in [1.165, 1.54) is 0 Å². The van der Waals surface area contributed by atoms with Crippen molar-refractivity contribution in [2.75, 3.05) is 12.7 Å². The van der Waals surface area contributed by atoms with Gasteiger partial charge in [0.2, 0.25) is 5.91 Å². The highest BCUT2D eigenvalue weighted by Gasteiger charge is 2.27. The van der Waals surface area contributed by atoms with E-state index in [9.17, 15) is 9.36 Å². The Kier molecular flexibility index (Phi) is 4.28. The van der Waals surface area contributed by atoms with E-state index >= 15 is 0 Å². The minimum atomic E-state index is -3.94. The highest BCUT2D eigenvalue weighted by molar-refractivity contribution is 7.51. The lowest BCUT2D eigenvalue weighted by molar-refractivity contribution is -0.118. The summed E-state index contributed by atoms with van der Waals surface area (Å²) < 4.78 is 10.8. The first-order chi connectivity index (χ1) is 6.87. The van der Waals surface area contributed by atoms with E-state index in [1.54, 1.807) is 0 Å². The predicted molar refractivity (Wildman–Crippen MR) is 55.2 cm³/mol. The molecule has 5 N–H and O–H groups in total. The molecule has 1 aliphatic heterocycles. The third kappa shape index (κ3) is 5.28. The molecule has 1 rings (SSSR count). The Morgan fingerprint density at radius 2 is 2.20 bits per heavy atom. The van der Waals surface area contributed by atoms with Crippen LogP contribution >= 0.6 is 7.60 Å². The smallest absolute Gasteiger partial charge is 0.325 e. The first-order valence-corrected chi connectivity index (χ1v) is 6.73. The number of nitrogens with two attached hydrogens (primary N) is 1. The molecule has 7 heteroatoms. The van der Waals surface area contributed by atoms with Crippen molar-refractivity contribution in [1.82, 2.24) is 5.32 Å². The average molecular weight is 236 g/mol. The van der Waals surface area contributed by atoms with Crippen molar-refractivity contribution in [2.45, 2.75) is 25.3 Å². The van der Waals surface area contributed by atoms with Gasteiger partial charge in [-0.1, -0.05) is 0 Å². The second kappa shape index (κ2) is 5.07. The molecule has 1 fully saturated rings. The van der Waals surface area contributed by atoms with Gasteiger partial charge in [0.1, 0.15) is 0 Å². The summed E-state index contributed by atoms with van der Waals surface area (Å²) in [6.07, 6.45) is 1.48. The molecule has 6 nitrogen and oxygen atoms in total. The van der Waals surface area contributed by atoms with E-state index < -0.39 is 7.60 Å². The summed E-state index contributed by atoms with van der Waals surface area (Å²) in [4.78, 5) is 28.4. The third-order valence-corrected chi connectivity index (χ3v) is 3.54. The summed E-state index contributed by atoms with van der Waals surface area (Å²) in [6, 6.07) is -0.0344. The Hall–Kier alpha value is -0.420. The monoisotopic (exact) mass is 236 g/mol. The van der Waals surface area contributed by atoms with Crippen molar-refractivity contribution in [3.63, 3.8) is 0 Å². The molecule has 0 aromatic carbocycles. The van der Waals surface area contributed by atoms with Crippen LogP contribution in [0.5, 0.6) is 0 Å². The molecule has 0 aliphatic carbocycles. The van der Waals surface area contributed by atoms with Crippen LogP contribution in [0.15, 0.2) is 0 Å². The van der Waals surface area contributed by atoms with Gasteiger partial charge in [0.25, 0.3) is 0 Å². The number of nitrogens with one attached hydrogen (secondary N) is 1. The molecule has 1 amide bonds. The van der Waals surface area contributed by atoms with E-state index in [2.05, 4.69) is 5.32 Å². The van der Waals surface area contributed by atoms with Crippen LogP contribution in [0.4, 0.5) is 0 Å². The van der Waals surface area contributed by atoms with E-state index in [0.717, 1.165) is 6.42 Å². The molecular formula is C8H17N2O4P. The number of carbonyl (C=O) groups excluding carboxylic acids is 1. The Labute approximate surface area is 88.4 Å². The second-order valence-electron chi connectivity index (χ2n) is 4.06. The number of amides is 1. The zero-order valence-corrected chi connectivity index (χ0v) is 9.32. The van der Waals surface area contributed by atoms with Crippen LogP contribution in [0.1, 0.15) is 19.3 Å². The molecule has 0 saturated carbocycles. The fraction of sp³-hybridized carbons (Fsp3) is 0.875. The van der Waals surface area contributed by atoms with Crippen LogP contribution in [0.3, 0.4) is 0 Å². The predicted octanol–water partition coefficient (Wildman–Crippen LogP) is -0.592.